The molecule has 0 atom stereocenters. The Morgan fingerprint density at radius 3 is 2.32 bits per heavy atom. The van der Waals surface area contributed by atoms with Crippen molar-refractivity contribution in [3.05, 3.63) is 32.8 Å². The summed E-state index contributed by atoms with van der Waals surface area (Å²) in [5.41, 5.74) is 0.874. The van der Waals surface area contributed by atoms with Crippen LogP contribution in [0.4, 0.5) is 0 Å². The fourth-order valence-corrected chi connectivity index (χ4v) is 2.59. The van der Waals surface area contributed by atoms with Crippen molar-refractivity contribution in [1.29, 1.82) is 0 Å². The van der Waals surface area contributed by atoms with Crippen molar-refractivity contribution in [3.63, 3.8) is 0 Å². The van der Waals surface area contributed by atoms with Gasteiger partial charge in [-0.3, -0.25) is 0 Å². The van der Waals surface area contributed by atoms with E-state index in [1.807, 2.05) is 0 Å². The molecule has 108 valence electrons. The minimum absolute atomic E-state index is 0.547. The fourth-order valence-electron chi connectivity index (χ4n) is 1.91. The molecule has 0 aromatic heterocycles. The van der Waals surface area contributed by atoms with Gasteiger partial charge in [-0.25, -0.2) is 0 Å². The van der Waals surface area contributed by atoms with E-state index in [-0.39, 0.29) is 0 Å². The molecule has 2 nitrogen and oxygen atoms in total. The number of hydrogen-bond donors (Lipinski definition) is 1. The van der Waals surface area contributed by atoms with Crippen molar-refractivity contribution in [2.45, 2.75) is 26.8 Å². The van der Waals surface area contributed by atoms with Gasteiger partial charge in [-0.15, -0.1) is 0 Å². The molecule has 5 heteroatoms. The second-order valence-electron chi connectivity index (χ2n) is 4.38. The summed E-state index contributed by atoms with van der Waals surface area (Å²) in [7, 11) is 0. The van der Waals surface area contributed by atoms with E-state index in [2.05, 4.69) is 24.1 Å². The Balaban J connectivity index is 2.36. The van der Waals surface area contributed by atoms with Crippen LogP contribution < -0.4 is 5.32 Å². The van der Waals surface area contributed by atoms with E-state index >= 15 is 0 Å². The summed E-state index contributed by atoms with van der Waals surface area (Å²) in [6, 6.07) is 3.50. The van der Waals surface area contributed by atoms with Crippen LogP contribution in [0.5, 0.6) is 0 Å². The van der Waals surface area contributed by atoms with E-state index in [4.69, 9.17) is 34.8 Å². The third-order valence-electron chi connectivity index (χ3n) is 3.16. The van der Waals surface area contributed by atoms with E-state index in [9.17, 15) is 0 Å². The Bertz CT molecular complexity index is 393. The molecule has 1 aromatic rings. The Labute approximate surface area is 131 Å². The molecule has 0 spiro atoms. The van der Waals surface area contributed by atoms with Crippen molar-refractivity contribution >= 4 is 34.8 Å². The van der Waals surface area contributed by atoms with Gasteiger partial charge in [0.25, 0.3) is 0 Å². The van der Waals surface area contributed by atoms with E-state index in [1.54, 1.807) is 12.1 Å². The average molecular weight is 324 g/mol. The van der Waals surface area contributed by atoms with E-state index in [0.717, 1.165) is 38.2 Å². The number of hydrogen-bond acceptors (Lipinski definition) is 2. The highest BCUT2D eigenvalue weighted by Gasteiger charge is 2.08. The molecule has 0 aliphatic carbocycles. The Morgan fingerprint density at radius 2 is 1.68 bits per heavy atom. The van der Waals surface area contributed by atoms with E-state index in [0.29, 0.717) is 21.6 Å². The summed E-state index contributed by atoms with van der Waals surface area (Å²) in [5.74, 6) is 0. The average Bonchev–Trinajstić information content (AvgIpc) is 2.42. The van der Waals surface area contributed by atoms with Gasteiger partial charge in [-0.1, -0.05) is 48.7 Å². The lowest BCUT2D eigenvalue weighted by atomic mass is 10.2. The van der Waals surface area contributed by atoms with Gasteiger partial charge in [0.05, 0.1) is 10.0 Å². The molecule has 0 saturated heterocycles. The molecule has 0 aliphatic rings. The standard InChI is InChI=1S/C14H21Cl3N2/c1-3-19(4-2)9-5-8-18-10-11-12(15)6-7-13(16)14(11)17/h6-7,18H,3-5,8-10H2,1-2H3. The molecular weight excluding hydrogens is 303 g/mol. The maximum atomic E-state index is 6.14. The first-order valence-corrected chi connectivity index (χ1v) is 7.79. The molecule has 0 bridgehead atoms. The molecular formula is C14H21Cl3N2. The summed E-state index contributed by atoms with van der Waals surface area (Å²) >= 11 is 18.2. The highest BCUT2D eigenvalue weighted by Crippen LogP contribution is 2.31. The Morgan fingerprint density at radius 1 is 1.05 bits per heavy atom. The molecule has 0 heterocycles. The summed E-state index contributed by atoms with van der Waals surface area (Å²) in [4.78, 5) is 2.40. The zero-order chi connectivity index (χ0) is 14.3. The summed E-state index contributed by atoms with van der Waals surface area (Å²) in [6.45, 7) is 9.26. The highest BCUT2D eigenvalue weighted by molar-refractivity contribution is 6.44. The van der Waals surface area contributed by atoms with Crippen LogP contribution in [-0.4, -0.2) is 31.1 Å². The summed E-state index contributed by atoms with van der Waals surface area (Å²) in [6.07, 6.45) is 1.11. The van der Waals surface area contributed by atoms with Gasteiger partial charge in [-0.05, 0) is 44.7 Å². The smallest absolute Gasteiger partial charge is 0.0652 e. The van der Waals surface area contributed by atoms with Crippen molar-refractivity contribution in [1.82, 2.24) is 10.2 Å². The van der Waals surface area contributed by atoms with Gasteiger partial charge in [0.2, 0.25) is 0 Å². The van der Waals surface area contributed by atoms with Gasteiger partial charge < -0.3 is 10.2 Å². The van der Waals surface area contributed by atoms with Crippen LogP contribution in [0.2, 0.25) is 15.1 Å². The molecule has 1 N–H and O–H groups in total. The van der Waals surface area contributed by atoms with Crippen LogP contribution in [0.15, 0.2) is 12.1 Å². The van der Waals surface area contributed by atoms with Crippen LogP contribution in [0.1, 0.15) is 25.8 Å². The lowest BCUT2D eigenvalue weighted by molar-refractivity contribution is 0.298. The van der Waals surface area contributed by atoms with Gasteiger partial charge in [0.1, 0.15) is 0 Å². The maximum Gasteiger partial charge on any atom is 0.0652 e. The van der Waals surface area contributed by atoms with Crippen LogP contribution in [0.25, 0.3) is 0 Å². The van der Waals surface area contributed by atoms with E-state index < -0.39 is 0 Å². The van der Waals surface area contributed by atoms with Crippen molar-refractivity contribution in [2.75, 3.05) is 26.2 Å². The van der Waals surface area contributed by atoms with Crippen LogP contribution in [-0.2, 0) is 6.54 Å². The van der Waals surface area contributed by atoms with E-state index in [1.165, 1.54) is 0 Å². The minimum Gasteiger partial charge on any atom is -0.313 e. The van der Waals surface area contributed by atoms with Gasteiger partial charge in [0.15, 0.2) is 0 Å². The first-order valence-electron chi connectivity index (χ1n) is 6.65. The molecule has 1 rings (SSSR count). The largest absolute Gasteiger partial charge is 0.313 e. The molecule has 0 aliphatic heterocycles. The molecule has 0 amide bonds. The normalized spacial score (nSPS) is 11.3. The van der Waals surface area contributed by atoms with Crippen molar-refractivity contribution in [2.24, 2.45) is 0 Å². The first kappa shape index (κ1) is 17.1. The molecule has 0 radical (unpaired) electrons. The van der Waals surface area contributed by atoms with Gasteiger partial charge >= 0.3 is 0 Å². The maximum absolute atomic E-state index is 6.14. The fraction of sp³-hybridized carbons (Fsp3) is 0.571. The third-order valence-corrected chi connectivity index (χ3v) is 4.36. The number of nitrogens with zero attached hydrogens (tertiary/aromatic N) is 1. The Hall–Kier alpha value is 0.01000. The monoisotopic (exact) mass is 322 g/mol. The number of nitrogens with one attached hydrogen (secondary N) is 1. The zero-order valence-corrected chi connectivity index (χ0v) is 13.7. The number of rotatable bonds is 8. The second-order valence-corrected chi connectivity index (χ2v) is 5.57. The van der Waals surface area contributed by atoms with Crippen molar-refractivity contribution in [3.8, 4) is 0 Å². The molecule has 1 aromatic carbocycles. The van der Waals surface area contributed by atoms with Crippen LogP contribution >= 0.6 is 34.8 Å². The highest BCUT2D eigenvalue weighted by atomic mass is 35.5. The lowest BCUT2D eigenvalue weighted by Gasteiger charge is -2.18. The topological polar surface area (TPSA) is 15.3 Å². The molecule has 19 heavy (non-hydrogen) atoms. The molecule has 0 unspecified atom stereocenters. The van der Waals surface area contributed by atoms with Gasteiger partial charge in [-0.2, -0.15) is 0 Å². The zero-order valence-electron chi connectivity index (χ0n) is 11.5. The third kappa shape index (κ3) is 5.49. The predicted molar refractivity (Wildman–Crippen MR) is 85.6 cm³/mol. The second kappa shape index (κ2) is 9.04. The van der Waals surface area contributed by atoms with Crippen LogP contribution in [0, 0.1) is 0 Å². The molecule has 0 saturated carbocycles. The first-order chi connectivity index (χ1) is 9.10. The minimum atomic E-state index is 0.547. The predicted octanol–water partition coefficient (Wildman–Crippen LogP) is 4.47. The number of halogens is 3. The lowest BCUT2D eigenvalue weighted by Crippen LogP contribution is -2.27. The SMILES string of the molecule is CCN(CC)CCCNCc1c(Cl)ccc(Cl)c1Cl. The quantitative estimate of drug-likeness (QED) is 0.561. The van der Waals surface area contributed by atoms with Crippen LogP contribution in [0.3, 0.4) is 0 Å². The molecule has 0 fully saturated rings. The summed E-state index contributed by atoms with van der Waals surface area (Å²) < 4.78 is 0. The van der Waals surface area contributed by atoms with Crippen molar-refractivity contribution < 1.29 is 0 Å². The summed E-state index contributed by atoms with van der Waals surface area (Å²) in [5, 5.41) is 5.11. The number of benzene rings is 1. The van der Waals surface area contributed by atoms with Gasteiger partial charge in [0, 0.05) is 17.1 Å². The Kier molecular flexibility index (Phi) is 8.12.